The number of aromatic nitrogens is 5. The third-order valence-electron chi connectivity index (χ3n) is 3.49. The highest BCUT2D eigenvalue weighted by atomic mass is 16.2. The molecule has 0 saturated heterocycles. The largest absolute Gasteiger partial charge is 0.270 e. The Bertz CT molecular complexity index is 956. The summed E-state index contributed by atoms with van der Waals surface area (Å²) in [6.45, 7) is 0. The highest BCUT2D eigenvalue weighted by molar-refractivity contribution is 6.00. The van der Waals surface area contributed by atoms with E-state index in [-0.39, 0.29) is 5.91 Å². The van der Waals surface area contributed by atoms with Crippen LogP contribution in [0.3, 0.4) is 0 Å². The molecule has 0 fully saturated rings. The molecule has 0 spiro atoms. The first kappa shape index (κ1) is 13.2. The van der Waals surface area contributed by atoms with Crippen LogP contribution in [0.25, 0.3) is 16.7 Å². The van der Waals surface area contributed by atoms with Gasteiger partial charge in [-0.25, -0.2) is 19.3 Å². The quantitative estimate of drug-likeness (QED) is 0.628. The molecule has 4 aromatic rings. The van der Waals surface area contributed by atoms with Crippen molar-refractivity contribution in [3.63, 3.8) is 0 Å². The maximum Gasteiger partial charge on any atom is 0.270 e. The monoisotopic (exact) mass is 304 g/mol. The van der Waals surface area contributed by atoms with Crippen molar-refractivity contribution < 1.29 is 4.79 Å². The van der Waals surface area contributed by atoms with Crippen molar-refractivity contribution in [1.82, 2.24) is 24.4 Å². The standard InChI is InChI=1S/C16H12N6O/c23-16(20-22-11-18-14-3-1-2-4-15(14)22)12-5-7-13(8-6-12)21-10-17-9-19-21/h1-11H,(H,20,23). The lowest BCUT2D eigenvalue weighted by atomic mass is 10.2. The molecule has 0 aliphatic carbocycles. The molecule has 112 valence electrons. The predicted molar refractivity (Wildman–Crippen MR) is 84.8 cm³/mol. The Labute approximate surface area is 131 Å². The second-order valence-corrected chi connectivity index (χ2v) is 4.93. The Kier molecular flexibility index (Phi) is 3.09. The number of rotatable bonds is 3. The summed E-state index contributed by atoms with van der Waals surface area (Å²) in [5, 5.41) is 4.05. The Morgan fingerprint density at radius 2 is 1.83 bits per heavy atom. The lowest BCUT2D eigenvalue weighted by Gasteiger charge is -2.07. The maximum absolute atomic E-state index is 12.4. The molecule has 2 aromatic heterocycles. The third kappa shape index (κ3) is 2.44. The van der Waals surface area contributed by atoms with E-state index in [4.69, 9.17) is 0 Å². The summed E-state index contributed by atoms with van der Waals surface area (Å²) in [6, 6.07) is 14.7. The van der Waals surface area contributed by atoms with E-state index in [1.54, 1.807) is 34.1 Å². The van der Waals surface area contributed by atoms with Gasteiger partial charge in [0, 0.05) is 5.56 Å². The Morgan fingerprint density at radius 3 is 2.61 bits per heavy atom. The molecule has 0 unspecified atom stereocenters. The first-order valence-corrected chi connectivity index (χ1v) is 7.00. The Morgan fingerprint density at radius 1 is 1.00 bits per heavy atom. The Balaban J connectivity index is 1.57. The zero-order valence-electron chi connectivity index (χ0n) is 12.0. The molecule has 7 nitrogen and oxygen atoms in total. The molecule has 23 heavy (non-hydrogen) atoms. The van der Waals surface area contributed by atoms with E-state index in [1.807, 2.05) is 36.4 Å². The molecular weight excluding hydrogens is 292 g/mol. The molecule has 1 amide bonds. The van der Waals surface area contributed by atoms with Crippen molar-refractivity contribution in [1.29, 1.82) is 0 Å². The van der Waals surface area contributed by atoms with E-state index in [0.717, 1.165) is 16.7 Å². The molecule has 4 rings (SSSR count). The molecule has 0 atom stereocenters. The Hall–Kier alpha value is -3.48. The van der Waals surface area contributed by atoms with Gasteiger partial charge in [-0.3, -0.25) is 10.2 Å². The van der Waals surface area contributed by atoms with Gasteiger partial charge in [-0.2, -0.15) is 5.10 Å². The van der Waals surface area contributed by atoms with E-state index >= 15 is 0 Å². The van der Waals surface area contributed by atoms with E-state index in [2.05, 4.69) is 20.5 Å². The van der Waals surface area contributed by atoms with E-state index in [1.165, 1.54) is 6.33 Å². The van der Waals surface area contributed by atoms with Crippen LogP contribution in [0, 0.1) is 0 Å². The minimum atomic E-state index is -0.210. The zero-order chi connectivity index (χ0) is 15.6. The van der Waals surface area contributed by atoms with Crippen molar-refractivity contribution in [3.05, 3.63) is 73.1 Å². The summed E-state index contributed by atoms with van der Waals surface area (Å²) in [6.07, 6.45) is 4.66. The summed E-state index contributed by atoms with van der Waals surface area (Å²) < 4.78 is 3.24. The summed E-state index contributed by atoms with van der Waals surface area (Å²) in [4.78, 5) is 20.5. The highest BCUT2D eigenvalue weighted by Gasteiger charge is 2.08. The van der Waals surface area contributed by atoms with E-state index in [0.29, 0.717) is 5.56 Å². The van der Waals surface area contributed by atoms with Gasteiger partial charge in [-0.1, -0.05) is 12.1 Å². The fourth-order valence-corrected chi connectivity index (χ4v) is 2.33. The highest BCUT2D eigenvalue weighted by Crippen LogP contribution is 2.12. The molecule has 0 radical (unpaired) electrons. The van der Waals surface area contributed by atoms with Gasteiger partial charge in [0.25, 0.3) is 5.91 Å². The number of imidazole rings is 1. The van der Waals surface area contributed by atoms with Gasteiger partial charge in [0.15, 0.2) is 0 Å². The van der Waals surface area contributed by atoms with E-state index in [9.17, 15) is 4.79 Å². The summed E-state index contributed by atoms with van der Waals surface area (Å²) in [7, 11) is 0. The van der Waals surface area contributed by atoms with Crippen molar-refractivity contribution in [2.24, 2.45) is 0 Å². The van der Waals surface area contributed by atoms with Crippen LogP contribution in [-0.4, -0.2) is 30.3 Å². The second kappa shape index (κ2) is 5.38. The van der Waals surface area contributed by atoms with Crippen LogP contribution >= 0.6 is 0 Å². The van der Waals surface area contributed by atoms with Crippen molar-refractivity contribution >= 4 is 16.9 Å². The fraction of sp³-hybridized carbons (Fsp3) is 0. The number of amides is 1. The van der Waals surface area contributed by atoms with Gasteiger partial charge in [-0.15, -0.1) is 0 Å². The summed E-state index contributed by atoms with van der Waals surface area (Å²) >= 11 is 0. The molecule has 1 N–H and O–H groups in total. The number of hydrogen-bond acceptors (Lipinski definition) is 4. The second-order valence-electron chi connectivity index (χ2n) is 4.93. The zero-order valence-corrected chi connectivity index (χ0v) is 12.0. The first-order valence-electron chi connectivity index (χ1n) is 7.00. The topological polar surface area (TPSA) is 77.6 Å². The van der Waals surface area contributed by atoms with Gasteiger partial charge in [0.2, 0.25) is 0 Å². The molecule has 0 aliphatic heterocycles. The molecule has 0 saturated carbocycles. The van der Waals surface area contributed by atoms with Gasteiger partial charge in [-0.05, 0) is 36.4 Å². The number of carbonyl (C=O) groups is 1. The van der Waals surface area contributed by atoms with Crippen LogP contribution < -0.4 is 5.43 Å². The normalized spacial score (nSPS) is 10.8. The third-order valence-corrected chi connectivity index (χ3v) is 3.49. The van der Waals surface area contributed by atoms with Gasteiger partial charge in [0.05, 0.1) is 16.7 Å². The minimum absolute atomic E-state index is 0.210. The van der Waals surface area contributed by atoms with Crippen molar-refractivity contribution in [2.45, 2.75) is 0 Å². The number of carbonyl (C=O) groups excluding carboxylic acids is 1. The predicted octanol–water partition coefficient (Wildman–Crippen LogP) is 2.00. The van der Waals surface area contributed by atoms with Crippen molar-refractivity contribution in [2.75, 3.05) is 5.43 Å². The number of nitrogens with zero attached hydrogens (tertiary/aromatic N) is 5. The average molecular weight is 304 g/mol. The van der Waals surface area contributed by atoms with Gasteiger partial charge >= 0.3 is 0 Å². The summed E-state index contributed by atoms with van der Waals surface area (Å²) in [5.41, 5.74) is 5.88. The number of hydrogen-bond donors (Lipinski definition) is 1. The van der Waals surface area contributed by atoms with E-state index < -0.39 is 0 Å². The lowest BCUT2D eigenvalue weighted by Crippen LogP contribution is -2.22. The molecule has 2 aromatic carbocycles. The van der Waals surface area contributed by atoms with Gasteiger partial charge < -0.3 is 0 Å². The number of fused-ring (bicyclic) bond motifs is 1. The van der Waals surface area contributed by atoms with Crippen LogP contribution in [0.15, 0.2) is 67.5 Å². The number of nitrogens with one attached hydrogen (secondary N) is 1. The molecule has 0 aliphatic rings. The minimum Gasteiger partial charge on any atom is -0.267 e. The SMILES string of the molecule is O=C(Nn1cnc2ccccc21)c1ccc(-n2cncn2)cc1. The molecular formula is C16H12N6O. The van der Waals surface area contributed by atoms with Crippen molar-refractivity contribution in [3.8, 4) is 5.69 Å². The smallest absolute Gasteiger partial charge is 0.267 e. The van der Waals surface area contributed by atoms with Crippen LogP contribution in [0.4, 0.5) is 0 Å². The van der Waals surface area contributed by atoms with Gasteiger partial charge in [0.1, 0.15) is 19.0 Å². The molecule has 7 heteroatoms. The number of para-hydroxylation sites is 2. The first-order chi connectivity index (χ1) is 11.3. The number of benzene rings is 2. The average Bonchev–Trinajstić information content (AvgIpc) is 3.25. The molecule has 2 heterocycles. The van der Waals surface area contributed by atoms with Crippen LogP contribution in [0.1, 0.15) is 10.4 Å². The summed E-state index contributed by atoms with van der Waals surface area (Å²) in [5.74, 6) is -0.210. The van der Waals surface area contributed by atoms with Crippen LogP contribution in [0.5, 0.6) is 0 Å². The fourth-order valence-electron chi connectivity index (χ4n) is 2.33. The van der Waals surface area contributed by atoms with Crippen LogP contribution in [-0.2, 0) is 0 Å². The lowest BCUT2D eigenvalue weighted by molar-refractivity contribution is 0.101. The van der Waals surface area contributed by atoms with Crippen LogP contribution in [0.2, 0.25) is 0 Å². The molecule has 0 bridgehead atoms. The maximum atomic E-state index is 12.4.